The number of hydrogen-bond acceptors (Lipinski definition) is 5. The zero-order valence-corrected chi connectivity index (χ0v) is 10.5. The van der Waals surface area contributed by atoms with E-state index < -0.39 is 18.6 Å². The van der Waals surface area contributed by atoms with E-state index in [9.17, 15) is 18.0 Å². The number of anilines is 1. The summed E-state index contributed by atoms with van der Waals surface area (Å²) in [6.45, 7) is 1.76. The summed E-state index contributed by atoms with van der Waals surface area (Å²) in [5.41, 5.74) is 0.493. The quantitative estimate of drug-likeness (QED) is 0.815. The highest BCUT2D eigenvalue weighted by Gasteiger charge is 2.26. The Balaban J connectivity index is 2.37. The van der Waals surface area contributed by atoms with Crippen LogP contribution in [0.1, 0.15) is 19.0 Å². The van der Waals surface area contributed by atoms with E-state index in [1.54, 1.807) is 12.3 Å². The Hall–Kier alpha value is -1.31. The minimum atomic E-state index is -4.18. The first-order valence-electron chi connectivity index (χ1n) is 5.31. The summed E-state index contributed by atoms with van der Waals surface area (Å²) >= 11 is 1.16. The maximum Gasteiger partial charge on any atom is 0.390 e. The summed E-state index contributed by atoms with van der Waals surface area (Å²) in [5, 5.41) is 4.55. The average molecular weight is 282 g/mol. The van der Waals surface area contributed by atoms with Crippen LogP contribution < -0.4 is 5.32 Å². The number of halogens is 3. The van der Waals surface area contributed by atoms with Crippen LogP contribution in [0.5, 0.6) is 0 Å². The van der Waals surface area contributed by atoms with Gasteiger partial charge in [-0.25, -0.2) is 4.98 Å². The van der Waals surface area contributed by atoms with E-state index in [-0.39, 0.29) is 13.0 Å². The van der Waals surface area contributed by atoms with Gasteiger partial charge in [0.05, 0.1) is 25.1 Å². The van der Waals surface area contributed by atoms with Gasteiger partial charge in [0.15, 0.2) is 5.13 Å². The Morgan fingerprint density at radius 3 is 2.89 bits per heavy atom. The van der Waals surface area contributed by atoms with Crippen LogP contribution in [-0.2, 0) is 16.0 Å². The number of alkyl halides is 3. The normalized spacial score (nSPS) is 11.3. The second-order valence-corrected chi connectivity index (χ2v) is 4.28. The smallest absolute Gasteiger partial charge is 0.390 e. The molecular formula is C10H13F3N2O2S. The molecule has 0 aliphatic heterocycles. The molecule has 1 heterocycles. The van der Waals surface area contributed by atoms with Crippen LogP contribution in [0.2, 0.25) is 0 Å². The minimum Gasteiger partial charge on any atom is -0.466 e. The van der Waals surface area contributed by atoms with Crippen LogP contribution in [0.3, 0.4) is 0 Å². The molecule has 102 valence electrons. The highest BCUT2D eigenvalue weighted by atomic mass is 32.1. The van der Waals surface area contributed by atoms with Gasteiger partial charge in [-0.2, -0.15) is 13.2 Å². The number of nitrogens with one attached hydrogen (secondary N) is 1. The van der Waals surface area contributed by atoms with Crippen LogP contribution in [0, 0.1) is 0 Å². The monoisotopic (exact) mass is 282 g/mol. The molecular weight excluding hydrogens is 269 g/mol. The van der Waals surface area contributed by atoms with Gasteiger partial charge in [-0.15, -0.1) is 11.3 Å². The molecule has 18 heavy (non-hydrogen) atoms. The fraction of sp³-hybridized carbons (Fsp3) is 0.600. The Labute approximate surface area is 106 Å². The Morgan fingerprint density at radius 2 is 2.28 bits per heavy atom. The molecule has 8 heteroatoms. The molecule has 0 aliphatic carbocycles. The molecule has 0 saturated carbocycles. The first-order valence-corrected chi connectivity index (χ1v) is 6.19. The third-order valence-electron chi connectivity index (χ3n) is 1.87. The number of carbonyl (C=O) groups is 1. The molecule has 0 saturated heterocycles. The molecule has 1 rings (SSSR count). The molecule has 0 atom stereocenters. The van der Waals surface area contributed by atoms with Gasteiger partial charge in [0, 0.05) is 11.9 Å². The highest BCUT2D eigenvalue weighted by Crippen LogP contribution is 2.21. The Kier molecular flexibility index (Phi) is 5.39. The maximum atomic E-state index is 11.9. The van der Waals surface area contributed by atoms with Crippen LogP contribution in [0.4, 0.5) is 18.3 Å². The topological polar surface area (TPSA) is 51.2 Å². The number of ether oxygens (including phenoxy) is 1. The number of esters is 1. The van der Waals surface area contributed by atoms with Crippen molar-refractivity contribution in [3.8, 4) is 0 Å². The first-order chi connectivity index (χ1) is 8.40. The van der Waals surface area contributed by atoms with Crippen molar-refractivity contribution in [2.75, 3.05) is 18.5 Å². The minimum absolute atomic E-state index is 0.0330. The standard InChI is InChI=1S/C10H13F3N2O2S/c1-2-17-8(16)5-7-6-18-9(15-7)14-4-3-10(11,12)13/h6H,2-5H2,1H3,(H,14,15). The second-order valence-electron chi connectivity index (χ2n) is 3.42. The average Bonchev–Trinajstić information content (AvgIpc) is 2.64. The van der Waals surface area contributed by atoms with Crippen molar-refractivity contribution < 1.29 is 22.7 Å². The van der Waals surface area contributed by atoms with E-state index in [2.05, 4.69) is 10.3 Å². The van der Waals surface area contributed by atoms with E-state index >= 15 is 0 Å². The van der Waals surface area contributed by atoms with Gasteiger partial charge in [-0.1, -0.05) is 0 Å². The molecule has 1 N–H and O–H groups in total. The zero-order chi connectivity index (χ0) is 13.6. The summed E-state index contributed by atoms with van der Waals surface area (Å²) < 4.78 is 40.4. The van der Waals surface area contributed by atoms with Crippen molar-refractivity contribution in [2.45, 2.75) is 25.9 Å². The summed E-state index contributed by atoms with van der Waals surface area (Å²) in [7, 11) is 0. The summed E-state index contributed by atoms with van der Waals surface area (Å²) in [4.78, 5) is 15.1. The molecule has 1 aromatic heterocycles. The largest absolute Gasteiger partial charge is 0.466 e. The van der Waals surface area contributed by atoms with Gasteiger partial charge in [-0.05, 0) is 6.92 Å². The van der Waals surface area contributed by atoms with Gasteiger partial charge >= 0.3 is 12.1 Å². The number of thiazole rings is 1. The lowest BCUT2D eigenvalue weighted by molar-refractivity contribution is -0.142. The maximum absolute atomic E-state index is 11.9. The molecule has 0 bridgehead atoms. The lowest BCUT2D eigenvalue weighted by Gasteiger charge is -2.05. The van der Waals surface area contributed by atoms with E-state index in [1.807, 2.05) is 0 Å². The van der Waals surface area contributed by atoms with E-state index in [0.29, 0.717) is 17.4 Å². The van der Waals surface area contributed by atoms with Crippen LogP contribution in [-0.4, -0.2) is 30.3 Å². The highest BCUT2D eigenvalue weighted by molar-refractivity contribution is 7.13. The molecule has 0 aliphatic rings. The fourth-order valence-electron chi connectivity index (χ4n) is 1.14. The van der Waals surface area contributed by atoms with Crippen molar-refractivity contribution in [3.05, 3.63) is 11.1 Å². The van der Waals surface area contributed by atoms with Gasteiger partial charge in [0.1, 0.15) is 0 Å². The van der Waals surface area contributed by atoms with Crippen LogP contribution in [0.25, 0.3) is 0 Å². The van der Waals surface area contributed by atoms with Gasteiger partial charge in [0.25, 0.3) is 0 Å². The third kappa shape index (κ3) is 5.85. The summed E-state index contributed by atoms with van der Waals surface area (Å²) in [5.74, 6) is -0.398. The summed E-state index contributed by atoms with van der Waals surface area (Å²) in [6.07, 6.45) is -5.07. The van der Waals surface area contributed by atoms with Crippen LogP contribution >= 0.6 is 11.3 Å². The molecule has 0 fully saturated rings. The molecule has 0 aromatic carbocycles. The second kappa shape index (κ2) is 6.58. The number of carbonyl (C=O) groups excluding carboxylic acids is 1. The molecule has 0 unspecified atom stereocenters. The van der Waals surface area contributed by atoms with Crippen molar-refractivity contribution in [3.63, 3.8) is 0 Å². The number of aromatic nitrogens is 1. The predicted molar refractivity (Wildman–Crippen MR) is 61.6 cm³/mol. The van der Waals surface area contributed by atoms with E-state index in [4.69, 9.17) is 4.74 Å². The molecule has 1 aromatic rings. The zero-order valence-electron chi connectivity index (χ0n) is 9.71. The molecule has 0 amide bonds. The molecule has 0 radical (unpaired) electrons. The SMILES string of the molecule is CCOC(=O)Cc1csc(NCCC(F)(F)F)n1. The number of hydrogen-bond donors (Lipinski definition) is 1. The van der Waals surface area contributed by atoms with Crippen molar-refractivity contribution in [1.82, 2.24) is 4.98 Å². The van der Waals surface area contributed by atoms with Crippen molar-refractivity contribution in [1.29, 1.82) is 0 Å². The first kappa shape index (κ1) is 14.7. The van der Waals surface area contributed by atoms with Gasteiger partial charge in [-0.3, -0.25) is 4.79 Å². The molecule has 4 nitrogen and oxygen atoms in total. The van der Waals surface area contributed by atoms with Gasteiger partial charge in [0.2, 0.25) is 0 Å². The number of rotatable bonds is 6. The number of nitrogens with zero attached hydrogens (tertiary/aromatic N) is 1. The van der Waals surface area contributed by atoms with Crippen molar-refractivity contribution in [2.24, 2.45) is 0 Å². The third-order valence-corrected chi connectivity index (χ3v) is 2.72. The fourth-order valence-corrected chi connectivity index (χ4v) is 1.88. The lowest BCUT2D eigenvalue weighted by Crippen LogP contribution is -2.14. The summed E-state index contributed by atoms with van der Waals surface area (Å²) in [6, 6.07) is 0. The molecule has 0 spiro atoms. The van der Waals surface area contributed by atoms with Gasteiger partial charge < -0.3 is 10.1 Å². The Morgan fingerprint density at radius 1 is 1.56 bits per heavy atom. The van der Waals surface area contributed by atoms with E-state index in [0.717, 1.165) is 11.3 Å². The van der Waals surface area contributed by atoms with E-state index in [1.165, 1.54) is 0 Å². The Bertz CT molecular complexity index is 393. The van der Waals surface area contributed by atoms with Crippen LogP contribution in [0.15, 0.2) is 5.38 Å². The lowest BCUT2D eigenvalue weighted by atomic mass is 10.3. The predicted octanol–water partition coefficient (Wildman–Crippen LogP) is 2.61. The van der Waals surface area contributed by atoms with Crippen molar-refractivity contribution >= 4 is 22.4 Å².